The molecule has 0 bridgehead atoms. The average molecular weight is 293 g/mol. The van der Waals surface area contributed by atoms with Crippen molar-refractivity contribution in [2.75, 3.05) is 5.32 Å². The van der Waals surface area contributed by atoms with Gasteiger partial charge in [0.1, 0.15) is 0 Å². The van der Waals surface area contributed by atoms with Crippen LogP contribution in [0, 0.1) is 0 Å². The molecule has 0 aromatic carbocycles. The standard InChI is InChI=1S/C13H15N3O3S/c17-12(7-11-3-2-6-20-11)15-10-8-14-16(9-10)5-1-4-13(18)19/h2-3,6,8-9H,1,4-5,7H2,(H,15,17)(H,18,19). The first-order valence-electron chi connectivity index (χ1n) is 6.20. The molecular formula is C13H15N3O3S. The molecule has 2 heterocycles. The number of carboxylic acids is 1. The van der Waals surface area contributed by atoms with Gasteiger partial charge < -0.3 is 10.4 Å². The van der Waals surface area contributed by atoms with Crippen molar-refractivity contribution < 1.29 is 14.7 Å². The van der Waals surface area contributed by atoms with E-state index in [1.165, 1.54) is 0 Å². The molecule has 0 aliphatic carbocycles. The Balaban J connectivity index is 1.80. The Hall–Kier alpha value is -2.15. The Kier molecular flexibility index (Phi) is 4.89. The second kappa shape index (κ2) is 6.85. The highest BCUT2D eigenvalue weighted by Gasteiger charge is 2.06. The van der Waals surface area contributed by atoms with E-state index in [-0.39, 0.29) is 12.3 Å². The first-order chi connectivity index (χ1) is 9.63. The summed E-state index contributed by atoms with van der Waals surface area (Å²) in [6.45, 7) is 0.521. The number of carbonyl (C=O) groups is 2. The largest absolute Gasteiger partial charge is 0.481 e. The highest BCUT2D eigenvalue weighted by atomic mass is 32.1. The molecule has 6 nitrogen and oxygen atoms in total. The van der Waals surface area contributed by atoms with Crippen LogP contribution in [0.2, 0.25) is 0 Å². The molecule has 2 aromatic rings. The molecule has 0 unspecified atom stereocenters. The molecule has 1 amide bonds. The maximum absolute atomic E-state index is 11.8. The summed E-state index contributed by atoms with van der Waals surface area (Å²) in [6.07, 6.45) is 4.24. The minimum Gasteiger partial charge on any atom is -0.481 e. The number of aromatic nitrogens is 2. The maximum Gasteiger partial charge on any atom is 0.303 e. The third-order valence-electron chi connectivity index (χ3n) is 2.61. The van der Waals surface area contributed by atoms with Gasteiger partial charge in [0.2, 0.25) is 5.91 Å². The van der Waals surface area contributed by atoms with Crippen LogP contribution in [0.1, 0.15) is 17.7 Å². The van der Waals surface area contributed by atoms with Crippen LogP contribution in [0.4, 0.5) is 5.69 Å². The van der Waals surface area contributed by atoms with E-state index in [1.807, 2.05) is 17.5 Å². The van der Waals surface area contributed by atoms with E-state index in [2.05, 4.69) is 10.4 Å². The number of anilines is 1. The summed E-state index contributed by atoms with van der Waals surface area (Å²) >= 11 is 1.54. The number of amides is 1. The Morgan fingerprint density at radius 3 is 3.00 bits per heavy atom. The number of carboxylic acid groups (broad SMARTS) is 1. The summed E-state index contributed by atoms with van der Waals surface area (Å²) in [6, 6.07) is 3.83. The third-order valence-corrected chi connectivity index (χ3v) is 3.49. The molecule has 2 rings (SSSR count). The number of nitrogens with zero attached hydrogens (tertiary/aromatic N) is 2. The van der Waals surface area contributed by atoms with E-state index in [4.69, 9.17) is 5.11 Å². The third kappa shape index (κ3) is 4.51. The summed E-state index contributed by atoms with van der Waals surface area (Å²) in [5.74, 6) is -0.904. The normalized spacial score (nSPS) is 10.4. The second-order valence-corrected chi connectivity index (χ2v) is 5.33. The van der Waals surface area contributed by atoms with E-state index in [0.717, 1.165) is 4.88 Å². The molecule has 0 aliphatic rings. The molecule has 0 radical (unpaired) electrons. The molecule has 20 heavy (non-hydrogen) atoms. The van der Waals surface area contributed by atoms with Crippen LogP contribution >= 0.6 is 11.3 Å². The van der Waals surface area contributed by atoms with Crippen LogP contribution in [0.3, 0.4) is 0 Å². The zero-order chi connectivity index (χ0) is 14.4. The van der Waals surface area contributed by atoms with Crippen LogP contribution in [-0.4, -0.2) is 26.8 Å². The first-order valence-corrected chi connectivity index (χ1v) is 7.08. The van der Waals surface area contributed by atoms with Crippen LogP contribution in [0.25, 0.3) is 0 Å². The molecule has 0 atom stereocenters. The van der Waals surface area contributed by atoms with E-state index in [0.29, 0.717) is 25.1 Å². The fourth-order valence-corrected chi connectivity index (χ4v) is 2.42. The lowest BCUT2D eigenvalue weighted by Crippen LogP contribution is -2.13. The van der Waals surface area contributed by atoms with Gasteiger partial charge in [-0.05, 0) is 17.9 Å². The number of thiophene rings is 1. The van der Waals surface area contributed by atoms with Gasteiger partial charge in [0, 0.05) is 24.0 Å². The fourth-order valence-electron chi connectivity index (χ4n) is 1.72. The Morgan fingerprint density at radius 2 is 2.30 bits per heavy atom. The number of aryl methyl sites for hydroxylation is 1. The highest BCUT2D eigenvalue weighted by Crippen LogP contribution is 2.11. The van der Waals surface area contributed by atoms with Crippen molar-refractivity contribution in [3.8, 4) is 0 Å². The Morgan fingerprint density at radius 1 is 1.45 bits per heavy atom. The average Bonchev–Trinajstić information content (AvgIpc) is 3.01. The van der Waals surface area contributed by atoms with E-state index in [9.17, 15) is 9.59 Å². The predicted molar refractivity (Wildman–Crippen MR) is 75.7 cm³/mol. The van der Waals surface area contributed by atoms with Crippen LogP contribution in [0.15, 0.2) is 29.9 Å². The lowest BCUT2D eigenvalue weighted by molar-refractivity contribution is -0.137. The smallest absolute Gasteiger partial charge is 0.303 e. The number of rotatable bonds is 7. The minimum absolute atomic E-state index is 0.0856. The fraction of sp³-hybridized carbons (Fsp3) is 0.308. The van der Waals surface area contributed by atoms with Crippen molar-refractivity contribution in [3.63, 3.8) is 0 Å². The molecule has 0 saturated carbocycles. The topological polar surface area (TPSA) is 84.2 Å². The first kappa shape index (κ1) is 14.3. The summed E-state index contributed by atoms with van der Waals surface area (Å²) in [5, 5.41) is 17.3. The van der Waals surface area contributed by atoms with E-state index in [1.54, 1.807) is 28.4 Å². The quantitative estimate of drug-likeness (QED) is 0.817. The van der Waals surface area contributed by atoms with Gasteiger partial charge in [-0.25, -0.2) is 0 Å². The van der Waals surface area contributed by atoms with Crippen molar-refractivity contribution in [2.45, 2.75) is 25.8 Å². The van der Waals surface area contributed by atoms with Gasteiger partial charge >= 0.3 is 5.97 Å². The summed E-state index contributed by atoms with van der Waals surface area (Å²) in [7, 11) is 0. The molecule has 0 saturated heterocycles. The summed E-state index contributed by atoms with van der Waals surface area (Å²) < 4.78 is 1.63. The number of hydrogen-bond donors (Lipinski definition) is 2. The van der Waals surface area contributed by atoms with Gasteiger partial charge in [0.25, 0.3) is 0 Å². The minimum atomic E-state index is -0.818. The van der Waals surface area contributed by atoms with Crippen molar-refractivity contribution in [2.24, 2.45) is 0 Å². The van der Waals surface area contributed by atoms with Crippen LogP contribution in [0.5, 0.6) is 0 Å². The molecule has 2 aromatic heterocycles. The maximum atomic E-state index is 11.8. The van der Waals surface area contributed by atoms with Gasteiger partial charge in [-0.3, -0.25) is 14.3 Å². The van der Waals surface area contributed by atoms with Crippen LogP contribution in [-0.2, 0) is 22.6 Å². The number of aliphatic carboxylic acids is 1. The van der Waals surface area contributed by atoms with Gasteiger partial charge in [-0.1, -0.05) is 6.07 Å². The lowest BCUT2D eigenvalue weighted by Gasteiger charge is -2.01. The summed E-state index contributed by atoms with van der Waals surface area (Å²) in [4.78, 5) is 23.2. The Bertz CT molecular complexity index is 577. The SMILES string of the molecule is O=C(O)CCCn1cc(NC(=O)Cc2cccs2)cn1. The Labute approximate surface area is 120 Å². The van der Waals surface area contributed by atoms with Crippen molar-refractivity contribution >= 4 is 28.9 Å². The van der Waals surface area contributed by atoms with E-state index >= 15 is 0 Å². The van der Waals surface area contributed by atoms with Gasteiger partial charge in [-0.2, -0.15) is 5.10 Å². The molecule has 2 N–H and O–H groups in total. The van der Waals surface area contributed by atoms with Crippen molar-refractivity contribution in [3.05, 3.63) is 34.8 Å². The lowest BCUT2D eigenvalue weighted by atomic mass is 10.3. The second-order valence-electron chi connectivity index (χ2n) is 4.29. The van der Waals surface area contributed by atoms with Crippen molar-refractivity contribution in [1.82, 2.24) is 9.78 Å². The molecule has 0 spiro atoms. The summed E-state index contributed by atoms with van der Waals surface area (Å²) in [5.41, 5.74) is 0.627. The molecule has 7 heteroatoms. The van der Waals surface area contributed by atoms with Gasteiger partial charge in [-0.15, -0.1) is 11.3 Å². The number of hydrogen-bond acceptors (Lipinski definition) is 4. The van der Waals surface area contributed by atoms with Crippen molar-refractivity contribution in [1.29, 1.82) is 0 Å². The molecule has 0 fully saturated rings. The zero-order valence-electron chi connectivity index (χ0n) is 10.8. The number of nitrogens with one attached hydrogen (secondary N) is 1. The molecule has 0 aliphatic heterocycles. The monoisotopic (exact) mass is 293 g/mol. The number of carbonyl (C=O) groups excluding carboxylic acids is 1. The zero-order valence-corrected chi connectivity index (χ0v) is 11.6. The highest BCUT2D eigenvalue weighted by molar-refractivity contribution is 7.10. The van der Waals surface area contributed by atoms with Gasteiger partial charge in [0.05, 0.1) is 18.3 Å². The molecule has 106 valence electrons. The van der Waals surface area contributed by atoms with Gasteiger partial charge in [0.15, 0.2) is 0 Å². The van der Waals surface area contributed by atoms with Crippen LogP contribution < -0.4 is 5.32 Å². The van der Waals surface area contributed by atoms with E-state index < -0.39 is 5.97 Å². The predicted octanol–water partition coefficient (Wildman–Crippen LogP) is 1.99. The molecular weight excluding hydrogens is 278 g/mol.